The number of carbonyl (C=O) groups excluding carboxylic acids is 1. The van der Waals surface area contributed by atoms with Crippen molar-refractivity contribution < 1.29 is 9.63 Å². The van der Waals surface area contributed by atoms with Crippen LogP contribution in [0, 0.1) is 0 Å². The molecule has 1 heterocycles. The van der Waals surface area contributed by atoms with Crippen molar-refractivity contribution in [3.8, 4) is 0 Å². The zero-order valence-electron chi connectivity index (χ0n) is 8.43. The number of benzene rings is 1. The van der Waals surface area contributed by atoms with E-state index in [9.17, 15) is 4.79 Å². The van der Waals surface area contributed by atoms with Gasteiger partial charge in [0.15, 0.2) is 0 Å². The van der Waals surface area contributed by atoms with E-state index in [1.807, 2.05) is 6.07 Å². The molecule has 1 aromatic rings. The number of rotatable bonds is 2. The molecule has 0 spiro atoms. The van der Waals surface area contributed by atoms with E-state index in [1.165, 1.54) is 0 Å². The Hall–Kier alpha value is -1.39. The smallest absolute Gasteiger partial charge is 0.357 e. The highest BCUT2D eigenvalue weighted by molar-refractivity contribution is 5.89. The molecule has 80 valence electrons. The summed E-state index contributed by atoms with van der Waals surface area (Å²) in [5, 5.41) is 1.55. The molecule has 1 aliphatic rings. The van der Waals surface area contributed by atoms with Gasteiger partial charge in [-0.25, -0.2) is 4.79 Å². The molecule has 1 aromatic carbocycles. The van der Waals surface area contributed by atoms with Crippen LogP contribution in [0.25, 0.3) is 0 Å². The summed E-state index contributed by atoms with van der Waals surface area (Å²) in [4.78, 5) is 16.8. The van der Waals surface area contributed by atoms with Gasteiger partial charge in [-0.3, -0.25) is 0 Å². The molecule has 0 aromatic heterocycles. The van der Waals surface area contributed by atoms with Crippen molar-refractivity contribution in [2.75, 3.05) is 6.54 Å². The first-order valence-electron chi connectivity index (χ1n) is 5.07. The number of nitrogens with two attached hydrogens (primary N) is 1. The van der Waals surface area contributed by atoms with Gasteiger partial charge in [-0.15, -0.1) is 5.06 Å². The monoisotopic (exact) mass is 206 g/mol. The first-order chi connectivity index (χ1) is 7.27. The summed E-state index contributed by atoms with van der Waals surface area (Å²) in [6, 6.07) is 8.92. The van der Waals surface area contributed by atoms with Gasteiger partial charge in [0.25, 0.3) is 0 Å². The van der Waals surface area contributed by atoms with Crippen LogP contribution >= 0.6 is 0 Å². The summed E-state index contributed by atoms with van der Waals surface area (Å²) in [7, 11) is 0. The van der Waals surface area contributed by atoms with Gasteiger partial charge in [-0.2, -0.15) is 0 Å². The number of nitrogens with zero attached hydrogens (tertiary/aromatic N) is 1. The van der Waals surface area contributed by atoms with Crippen molar-refractivity contribution in [1.29, 1.82) is 0 Å². The lowest BCUT2D eigenvalue weighted by Crippen LogP contribution is -2.38. The fourth-order valence-corrected chi connectivity index (χ4v) is 1.61. The third-order valence-corrected chi connectivity index (χ3v) is 2.46. The van der Waals surface area contributed by atoms with Crippen LogP contribution < -0.4 is 5.73 Å². The molecule has 0 amide bonds. The van der Waals surface area contributed by atoms with Crippen LogP contribution in [0.15, 0.2) is 30.3 Å². The minimum absolute atomic E-state index is 0.155. The topological polar surface area (TPSA) is 55.6 Å². The van der Waals surface area contributed by atoms with Crippen LogP contribution in [-0.4, -0.2) is 23.7 Å². The second-order valence-electron chi connectivity index (χ2n) is 3.60. The molecule has 0 aliphatic carbocycles. The Morgan fingerprint density at radius 2 is 2.13 bits per heavy atom. The maximum absolute atomic E-state index is 11.6. The van der Waals surface area contributed by atoms with Gasteiger partial charge < -0.3 is 10.6 Å². The molecule has 1 saturated heterocycles. The summed E-state index contributed by atoms with van der Waals surface area (Å²) in [6.45, 7) is 0.722. The van der Waals surface area contributed by atoms with E-state index in [2.05, 4.69) is 0 Å². The zero-order chi connectivity index (χ0) is 10.7. The number of hydroxylamine groups is 2. The Kier molecular flexibility index (Phi) is 2.99. The molecule has 0 radical (unpaired) electrons. The minimum atomic E-state index is -0.340. The van der Waals surface area contributed by atoms with Crippen molar-refractivity contribution >= 4 is 5.97 Å². The highest BCUT2D eigenvalue weighted by atomic mass is 16.7. The normalized spacial score (nSPS) is 21.5. The van der Waals surface area contributed by atoms with E-state index in [0.29, 0.717) is 5.56 Å². The van der Waals surface area contributed by atoms with E-state index in [-0.39, 0.29) is 12.1 Å². The highest BCUT2D eigenvalue weighted by Gasteiger charge is 2.24. The predicted octanol–water partition coefficient (Wildman–Crippen LogP) is 1.14. The maximum Gasteiger partial charge on any atom is 0.357 e. The van der Waals surface area contributed by atoms with Crippen molar-refractivity contribution in [3.05, 3.63) is 35.9 Å². The highest BCUT2D eigenvalue weighted by Crippen LogP contribution is 2.14. The van der Waals surface area contributed by atoms with Crippen LogP contribution in [0.1, 0.15) is 23.2 Å². The number of hydrogen-bond acceptors (Lipinski definition) is 4. The Balaban J connectivity index is 1.98. The number of hydrogen-bond donors (Lipinski definition) is 1. The molecule has 1 unspecified atom stereocenters. The molecule has 4 nitrogen and oxygen atoms in total. The van der Waals surface area contributed by atoms with Crippen LogP contribution in [0.4, 0.5) is 0 Å². The molecule has 4 heteroatoms. The summed E-state index contributed by atoms with van der Waals surface area (Å²) >= 11 is 0. The third kappa shape index (κ3) is 2.34. The van der Waals surface area contributed by atoms with Crippen LogP contribution in [0.5, 0.6) is 0 Å². The van der Waals surface area contributed by atoms with Crippen molar-refractivity contribution in [2.45, 2.75) is 19.0 Å². The Labute approximate surface area is 88.6 Å². The first-order valence-corrected chi connectivity index (χ1v) is 5.07. The molecule has 1 atom stereocenters. The van der Waals surface area contributed by atoms with Crippen molar-refractivity contribution in [1.82, 2.24) is 5.06 Å². The fraction of sp³-hybridized carbons (Fsp3) is 0.364. The third-order valence-electron chi connectivity index (χ3n) is 2.46. The lowest BCUT2D eigenvalue weighted by molar-refractivity contribution is -0.117. The molecule has 2 N–H and O–H groups in total. The number of carbonyl (C=O) groups is 1. The summed E-state index contributed by atoms with van der Waals surface area (Å²) in [5.41, 5.74) is 6.31. The van der Waals surface area contributed by atoms with E-state index >= 15 is 0 Å². The van der Waals surface area contributed by atoms with E-state index < -0.39 is 0 Å². The van der Waals surface area contributed by atoms with E-state index in [4.69, 9.17) is 10.6 Å². The van der Waals surface area contributed by atoms with Crippen LogP contribution in [0.2, 0.25) is 0 Å². The molecule has 0 bridgehead atoms. The summed E-state index contributed by atoms with van der Waals surface area (Å²) in [6.07, 6.45) is 1.70. The maximum atomic E-state index is 11.6. The van der Waals surface area contributed by atoms with E-state index in [0.717, 1.165) is 19.4 Å². The second kappa shape index (κ2) is 4.42. The van der Waals surface area contributed by atoms with Gasteiger partial charge >= 0.3 is 5.97 Å². The zero-order valence-corrected chi connectivity index (χ0v) is 8.43. The minimum Gasteiger partial charge on any atom is -0.362 e. The standard InChI is InChI=1S/C11H14N2O2/c12-10-7-4-8-13(10)15-11(14)9-5-2-1-3-6-9/h1-3,5-6,10H,4,7-8,12H2. The molecule has 1 aliphatic heterocycles. The molecular formula is C11H14N2O2. The summed E-state index contributed by atoms with van der Waals surface area (Å²) < 4.78 is 0. The van der Waals surface area contributed by atoms with Gasteiger partial charge in [0.1, 0.15) is 0 Å². The average Bonchev–Trinajstić information content (AvgIpc) is 2.66. The Morgan fingerprint density at radius 1 is 1.40 bits per heavy atom. The van der Waals surface area contributed by atoms with Crippen molar-refractivity contribution in [3.63, 3.8) is 0 Å². The quantitative estimate of drug-likeness (QED) is 0.788. The van der Waals surface area contributed by atoms with Crippen molar-refractivity contribution in [2.24, 2.45) is 5.73 Å². The lowest BCUT2D eigenvalue weighted by atomic mass is 10.2. The molecule has 1 fully saturated rings. The van der Waals surface area contributed by atoms with Crippen LogP contribution in [-0.2, 0) is 4.84 Å². The average molecular weight is 206 g/mol. The second-order valence-corrected chi connectivity index (χ2v) is 3.60. The molecule has 2 rings (SSSR count). The molecular weight excluding hydrogens is 192 g/mol. The van der Waals surface area contributed by atoms with Gasteiger partial charge in [0.05, 0.1) is 11.7 Å². The summed E-state index contributed by atoms with van der Waals surface area (Å²) in [5.74, 6) is -0.340. The Morgan fingerprint density at radius 3 is 2.73 bits per heavy atom. The molecule has 15 heavy (non-hydrogen) atoms. The SMILES string of the molecule is NC1CCCN1OC(=O)c1ccccc1. The van der Waals surface area contributed by atoms with Gasteiger partial charge in [-0.1, -0.05) is 18.2 Å². The van der Waals surface area contributed by atoms with E-state index in [1.54, 1.807) is 29.3 Å². The van der Waals surface area contributed by atoms with Crippen LogP contribution in [0.3, 0.4) is 0 Å². The lowest BCUT2D eigenvalue weighted by Gasteiger charge is -2.19. The Bertz CT molecular complexity index is 340. The predicted molar refractivity (Wildman–Crippen MR) is 55.8 cm³/mol. The van der Waals surface area contributed by atoms with Gasteiger partial charge in [0.2, 0.25) is 0 Å². The fourth-order valence-electron chi connectivity index (χ4n) is 1.61. The van der Waals surface area contributed by atoms with Gasteiger partial charge in [0, 0.05) is 6.54 Å². The van der Waals surface area contributed by atoms with Gasteiger partial charge in [-0.05, 0) is 25.0 Å². The largest absolute Gasteiger partial charge is 0.362 e. The first kappa shape index (κ1) is 10.1. The molecule has 0 saturated carbocycles.